The average molecular weight is 301 g/mol. The van der Waals surface area contributed by atoms with E-state index in [-0.39, 0.29) is 11.7 Å². The molecular formula is C17H19NO4. The van der Waals surface area contributed by atoms with Crippen LogP contribution in [0.4, 0.5) is 0 Å². The molecule has 116 valence electrons. The minimum Gasteiger partial charge on any atom is -0.464 e. The monoisotopic (exact) mass is 301 g/mol. The predicted molar refractivity (Wildman–Crippen MR) is 85.0 cm³/mol. The van der Waals surface area contributed by atoms with E-state index >= 15 is 0 Å². The van der Waals surface area contributed by atoms with Crippen molar-refractivity contribution in [3.05, 3.63) is 45.5 Å². The Morgan fingerprint density at radius 2 is 2.00 bits per heavy atom. The molecule has 1 aromatic carbocycles. The summed E-state index contributed by atoms with van der Waals surface area (Å²) in [5.74, 6) is 0. The zero-order valence-electron chi connectivity index (χ0n) is 12.9. The highest BCUT2D eigenvalue weighted by molar-refractivity contribution is 5.99. The van der Waals surface area contributed by atoms with Gasteiger partial charge in [0.1, 0.15) is 11.2 Å². The van der Waals surface area contributed by atoms with Crippen LogP contribution >= 0.6 is 0 Å². The fourth-order valence-corrected chi connectivity index (χ4v) is 2.59. The summed E-state index contributed by atoms with van der Waals surface area (Å²) >= 11 is 0. The van der Waals surface area contributed by atoms with Crippen molar-refractivity contribution in [3.63, 3.8) is 0 Å². The van der Waals surface area contributed by atoms with E-state index in [4.69, 9.17) is 19.3 Å². The lowest BCUT2D eigenvalue weighted by atomic mass is 10.0. The van der Waals surface area contributed by atoms with E-state index in [0.29, 0.717) is 18.7 Å². The number of nitrogens with two attached hydrogens (primary N) is 1. The van der Waals surface area contributed by atoms with E-state index in [1.165, 1.54) is 6.07 Å². The van der Waals surface area contributed by atoms with Crippen LogP contribution in [-0.2, 0) is 11.3 Å². The van der Waals surface area contributed by atoms with Gasteiger partial charge in [-0.05, 0) is 32.4 Å². The molecule has 5 heteroatoms. The lowest BCUT2D eigenvalue weighted by Gasteiger charge is -2.09. The fraction of sp³-hybridized carbons (Fsp3) is 0.353. The molecule has 0 aliphatic rings. The average Bonchev–Trinajstić information content (AvgIpc) is 2.89. The van der Waals surface area contributed by atoms with E-state index in [1.807, 2.05) is 26.8 Å². The van der Waals surface area contributed by atoms with Crippen LogP contribution in [0.1, 0.15) is 23.6 Å². The van der Waals surface area contributed by atoms with Crippen molar-refractivity contribution < 1.29 is 13.6 Å². The van der Waals surface area contributed by atoms with Gasteiger partial charge < -0.3 is 19.3 Å². The number of furan rings is 1. The van der Waals surface area contributed by atoms with Crippen LogP contribution < -0.4 is 11.4 Å². The molecule has 5 nitrogen and oxygen atoms in total. The Labute approximate surface area is 127 Å². The summed E-state index contributed by atoms with van der Waals surface area (Å²) in [6, 6.07) is 3.49. The quantitative estimate of drug-likeness (QED) is 0.749. The van der Waals surface area contributed by atoms with Gasteiger partial charge >= 0.3 is 5.63 Å². The summed E-state index contributed by atoms with van der Waals surface area (Å²) in [6.45, 7) is 6.64. The van der Waals surface area contributed by atoms with Gasteiger partial charge in [-0.2, -0.15) is 0 Å². The van der Waals surface area contributed by atoms with Gasteiger partial charge in [-0.25, -0.2) is 4.79 Å². The van der Waals surface area contributed by atoms with E-state index < -0.39 is 0 Å². The van der Waals surface area contributed by atoms with Crippen molar-refractivity contribution in [3.8, 4) is 0 Å². The SMILES string of the molecule is Cc1cc(=O)oc2c(C)c3occ(COC(C)CN)c3cc12. The first-order valence-electron chi connectivity index (χ1n) is 7.27. The van der Waals surface area contributed by atoms with E-state index in [9.17, 15) is 4.79 Å². The normalized spacial score (nSPS) is 13.1. The minimum atomic E-state index is -0.348. The Morgan fingerprint density at radius 3 is 2.73 bits per heavy atom. The fourth-order valence-electron chi connectivity index (χ4n) is 2.59. The molecule has 22 heavy (non-hydrogen) atoms. The molecule has 0 amide bonds. The van der Waals surface area contributed by atoms with Crippen molar-refractivity contribution in [2.24, 2.45) is 5.73 Å². The molecule has 0 aliphatic carbocycles. The standard InChI is InChI=1S/C17H19NO4/c1-9-4-15(19)22-17-11(3)16-14(5-13(9)17)12(8-21-16)7-20-10(2)6-18/h4-5,8,10H,6-7,18H2,1-3H3. The van der Waals surface area contributed by atoms with Gasteiger partial charge in [-0.3, -0.25) is 0 Å². The van der Waals surface area contributed by atoms with E-state index in [1.54, 1.807) is 6.26 Å². The highest BCUT2D eigenvalue weighted by atomic mass is 16.5. The summed E-state index contributed by atoms with van der Waals surface area (Å²) in [6.07, 6.45) is 1.68. The molecule has 0 bridgehead atoms. The zero-order valence-corrected chi connectivity index (χ0v) is 12.9. The molecule has 0 saturated carbocycles. The summed E-state index contributed by atoms with van der Waals surface area (Å²) < 4.78 is 16.7. The summed E-state index contributed by atoms with van der Waals surface area (Å²) in [5.41, 5.74) is 9.20. The number of hydrogen-bond acceptors (Lipinski definition) is 5. The van der Waals surface area contributed by atoms with Gasteiger partial charge in [0.25, 0.3) is 0 Å². The molecule has 2 aromatic heterocycles. The van der Waals surface area contributed by atoms with Crippen LogP contribution in [0, 0.1) is 13.8 Å². The van der Waals surface area contributed by atoms with Crippen LogP contribution in [0.3, 0.4) is 0 Å². The van der Waals surface area contributed by atoms with Crippen molar-refractivity contribution in [2.75, 3.05) is 6.54 Å². The molecule has 0 spiro atoms. The molecule has 0 saturated heterocycles. The summed E-state index contributed by atoms with van der Waals surface area (Å²) in [7, 11) is 0. The first-order valence-corrected chi connectivity index (χ1v) is 7.27. The van der Waals surface area contributed by atoms with Crippen molar-refractivity contribution in [1.29, 1.82) is 0 Å². The van der Waals surface area contributed by atoms with Gasteiger partial charge in [-0.1, -0.05) is 0 Å². The van der Waals surface area contributed by atoms with Crippen LogP contribution in [0.5, 0.6) is 0 Å². The largest absolute Gasteiger partial charge is 0.464 e. The minimum absolute atomic E-state index is 0.00809. The second-order valence-corrected chi connectivity index (χ2v) is 5.62. The first kappa shape index (κ1) is 14.8. The maximum absolute atomic E-state index is 11.6. The molecule has 2 N–H and O–H groups in total. The maximum atomic E-state index is 11.6. The topological polar surface area (TPSA) is 78.6 Å². The third-order valence-corrected chi connectivity index (χ3v) is 3.94. The van der Waals surface area contributed by atoms with Gasteiger partial charge in [0.15, 0.2) is 0 Å². The second-order valence-electron chi connectivity index (χ2n) is 5.62. The molecule has 1 unspecified atom stereocenters. The summed E-state index contributed by atoms with van der Waals surface area (Å²) in [4.78, 5) is 11.6. The lowest BCUT2D eigenvalue weighted by molar-refractivity contribution is 0.0593. The van der Waals surface area contributed by atoms with Gasteiger partial charge in [0.2, 0.25) is 0 Å². The third kappa shape index (κ3) is 2.42. The van der Waals surface area contributed by atoms with Crippen molar-refractivity contribution in [2.45, 2.75) is 33.5 Å². The highest BCUT2D eigenvalue weighted by Crippen LogP contribution is 2.32. The molecule has 1 atom stereocenters. The van der Waals surface area contributed by atoms with Crippen LogP contribution in [0.25, 0.3) is 21.9 Å². The van der Waals surface area contributed by atoms with Crippen LogP contribution in [-0.4, -0.2) is 12.6 Å². The second kappa shape index (κ2) is 5.59. The molecular weight excluding hydrogens is 282 g/mol. The van der Waals surface area contributed by atoms with Crippen molar-refractivity contribution in [1.82, 2.24) is 0 Å². The number of benzene rings is 1. The van der Waals surface area contributed by atoms with E-state index in [0.717, 1.165) is 33.0 Å². The van der Waals surface area contributed by atoms with Crippen LogP contribution in [0.15, 0.2) is 32.0 Å². The Kier molecular flexibility index (Phi) is 3.76. The smallest absolute Gasteiger partial charge is 0.336 e. The summed E-state index contributed by atoms with van der Waals surface area (Å²) in [5, 5.41) is 1.89. The van der Waals surface area contributed by atoms with E-state index in [2.05, 4.69) is 0 Å². The number of ether oxygens (including phenoxy) is 1. The van der Waals surface area contributed by atoms with Gasteiger partial charge in [-0.15, -0.1) is 0 Å². The first-order chi connectivity index (χ1) is 10.5. The lowest BCUT2D eigenvalue weighted by Crippen LogP contribution is -2.19. The van der Waals surface area contributed by atoms with Gasteiger partial charge in [0, 0.05) is 34.5 Å². The van der Waals surface area contributed by atoms with Crippen LogP contribution in [0.2, 0.25) is 0 Å². The van der Waals surface area contributed by atoms with Crippen molar-refractivity contribution >= 4 is 21.9 Å². The molecule has 0 radical (unpaired) electrons. The highest BCUT2D eigenvalue weighted by Gasteiger charge is 2.15. The number of rotatable bonds is 4. The molecule has 0 aliphatic heterocycles. The predicted octanol–water partition coefficient (Wildman–Crippen LogP) is 3.02. The molecule has 3 aromatic rings. The Hall–Kier alpha value is -2.11. The number of aryl methyl sites for hydroxylation is 2. The molecule has 0 fully saturated rings. The van der Waals surface area contributed by atoms with Gasteiger partial charge in [0.05, 0.1) is 19.0 Å². The Balaban J connectivity index is 2.17. The molecule has 3 rings (SSSR count). The Morgan fingerprint density at radius 1 is 1.23 bits per heavy atom. The molecule has 2 heterocycles. The maximum Gasteiger partial charge on any atom is 0.336 e. The zero-order chi connectivity index (χ0) is 15.9. The number of hydrogen-bond donors (Lipinski definition) is 1. The number of fused-ring (bicyclic) bond motifs is 2. The Bertz CT molecular complexity index is 891. The third-order valence-electron chi connectivity index (χ3n) is 3.94.